The molecule has 2 unspecified atom stereocenters. The van der Waals surface area contributed by atoms with Crippen LogP contribution in [0.15, 0.2) is 0 Å². The SMILES string of the molecule is CCCC1CC1NCCOC. The van der Waals surface area contributed by atoms with E-state index >= 15 is 0 Å². The predicted molar refractivity (Wildman–Crippen MR) is 46.7 cm³/mol. The molecule has 0 aliphatic heterocycles. The molecule has 66 valence electrons. The van der Waals surface area contributed by atoms with Crippen molar-refractivity contribution in [2.75, 3.05) is 20.3 Å². The Balaban J connectivity index is 1.87. The van der Waals surface area contributed by atoms with E-state index in [0.29, 0.717) is 0 Å². The lowest BCUT2D eigenvalue weighted by atomic mass is 10.2. The Morgan fingerprint density at radius 2 is 2.36 bits per heavy atom. The van der Waals surface area contributed by atoms with Crippen LogP contribution in [-0.2, 0) is 4.74 Å². The van der Waals surface area contributed by atoms with Crippen LogP contribution in [0.4, 0.5) is 0 Å². The molecule has 0 amide bonds. The second-order valence-corrected chi connectivity index (χ2v) is 3.34. The maximum atomic E-state index is 4.95. The van der Waals surface area contributed by atoms with E-state index in [2.05, 4.69) is 12.2 Å². The fourth-order valence-corrected chi connectivity index (χ4v) is 1.53. The van der Waals surface area contributed by atoms with Gasteiger partial charge in [-0.15, -0.1) is 0 Å². The summed E-state index contributed by atoms with van der Waals surface area (Å²) >= 11 is 0. The Kier molecular flexibility index (Phi) is 3.87. The average molecular weight is 157 g/mol. The molecule has 1 aliphatic carbocycles. The van der Waals surface area contributed by atoms with Gasteiger partial charge in [0.05, 0.1) is 6.61 Å². The van der Waals surface area contributed by atoms with E-state index in [0.717, 1.165) is 25.1 Å². The highest BCUT2D eigenvalue weighted by Gasteiger charge is 2.34. The molecule has 0 aromatic carbocycles. The van der Waals surface area contributed by atoms with E-state index in [1.165, 1.54) is 19.3 Å². The first kappa shape index (κ1) is 9.01. The summed E-state index contributed by atoms with van der Waals surface area (Å²) in [5, 5.41) is 3.47. The molecule has 0 saturated heterocycles. The third-order valence-electron chi connectivity index (χ3n) is 2.29. The smallest absolute Gasteiger partial charge is 0.0587 e. The van der Waals surface area contributed by atoms with Gasteiger partial charge in [-0.25, -0.2) is 0 Å². The van der Waals surface area contributed by atoms with Crippen LogP contribution in [0.2, 0.25) is 0 Å². The van der Waals surface area contributed by atoms with Crippen molar-refractivity contribution < 1.29 is 4.74 Å². The van der Waals surface area contributed by atoms with Crippen molar-refractivity contribution in [2.24, 2.45) is 5.92 Å². The average Bonchev–Trinajstić information content (AvgIpc) is 2.70. The molecule has 1 rings (SSSR count). The van der Waals surface area contributed by atoms with Crippen molar-refractivity contribution in [3.8, 4) is 0 Å². The molecule has 2 atom stereocenters. The maximum Gasteiger partial charge on any atom is 0.0587 e. The van der Waals surface area contributed by atoms with Crippen LogP contribution in [0.5, 0.6) is 0 Å². The number of nitrogens with one attached hydrogen (secondary N) is 1. The zero-order chi connectivity index (χ0) is 8.10. The summed E-state index contributed by atoms with van der Waals surface area (Å²) < 4.78 is 4.95. The number of rotatable bonds is 6. The molecular formula is C9H19NO. The molecule has 2 heteroatoms. The summed E-state index contributed by atoms with van der Waals surface area (Å²) in [6.07, 6.45) is 4.11. The summed E-state index contributed by atoms with van der Waals surface area (Å²) in [4.78, 5) is 0. The van der Waals surface area contributed by atoms with Crippen LogP contribution in [0, 0.1) is 5.92 Å². The molecule has 1 N–H and O–H groups in total. The fourth-order valence-electron chi connectivity index (χ4n) is 1.53. The number of hydrogen-bond acceptors (Lipinski definition) is 2. The number of methoxy groups -OCH3 is 1. The van der Waals surface area contributed by atoms with E-state index < -0.39 is 0 Å². The van der Waals surface area contributed by atoms with Crippen LogP contribution in [0.25, 0.3) is 0 Å². The summed E-state index contributed by atoms with van der Waals surface area (Å²) in [6, 6.07) is 0.810. The zero-order valence-corrected chi connectivity index (χ0v) is 7.60. The topological polar surface area (TPSA) is 21.3 Å². The van der Waals surface area contributed by atoms with Gasteiger partial charge in [0.2, 0.25) is 0 Å². The van der Waals surface area contributed by atoms with Gasteiger partial charge in [-0.05, 0) is 18.8 Å². The van der Waals surface area contributed by atoms with E-state index in [4.69, 9.17) is 4.74 Å². The van der Waals surface area contributed by atoms with Gasteiger partial charge in [0.25, 0.3) is 0 Å². The minimum atomic E-state index is 0.810. The van der Waals surface area contributed by atoms with Crippen molar-refractivity contribution in [1.29, 1.82) is 0 Å². The molecule has 2 nitrogen and oxygen atoms in total. The molecule has 1 aliphatic rings. The molecular weight excluding hydrogens is 138 g/mol. The van der Waals surface area contributed by atoms with E-state index in [1.807, 2.05) is 0 Å². The molecule has 1 fully saturated rings. The van der Waals surface area contributed by atoms with Gasteiger partial charge in [-0.1, -0.05) is 13.3 Å². The molecule has 1 saturated carbocycles. The van der Waals surface area contributed by atoms with Crippen molar-refractivity contribution in [2.45, 2.75) is 32.2 Å². The van der Waals surface area contributed by atoms with Gasteiger partial charge in [-0.3, -0.25) is 0 Å². The standard InChI is InChI=1S/C9H19NO/c1-3-4-8-7-9(8)10-5-6-11-2/h8-10H,3-7H2,1-2H3. The molecule has 0 heterocycles. The predicted octanol–water partition coefficient (Wildman–Crippen LogP) is 1.41. The van der Waals surface area contributed by atoms with Crippen LogP contribution < -0.4 is 5.32 Å². The van der Waals surface area contributed by atoms with Crippen molar-refractivity contribution in [3.63, 3.8) is 0 Å². The summed E-state index contributed by atoms with van der Waals surface area (Å²) in [7, 11) is 1.75. The fraction of sp³-hybridized carbons (Fsp3) is 1.00. The van der Waals surface area contributed by atoms with Crippen molar-refractivity contribution in [1.82, 2.24) is 5.32 Å². The first-order valence-corrected chi connectivity index (χ1v) is 4.60. The maximum absolute atomic E-state index is 4.95. The van der Waals surface area contributed by atoms with Crippen LogP contribution >= 0.6 is 0 Å². The lowest BCUT2D eigenvalue weighted by molar-refractivity contribution is 0.198. The Morgan fingerprint density at radius 3 is 3.00 bits per heavy atom. The Morgan fingerprint density at radius 1 is 1.55 bits per heavy atom. The van der Waals surface area contributed by atoms with Crippen LogP contribution in [-0.4, -0.2) is 26.3 Å². The second-order valence-electron chi connectivity index (χ2n) is 3.34. The molecule has 11 heavy (non-hydrogen) atoms. The van der Waals surface area contributed by atoms with Crippen molar-refractivity contribution in [3.05, 3.63) is 0 Å². The van der Waals surface area contributed by atoms with Crippen molar-refractivity contribution >= 4 is 0 Å². The Bertz CT molecular complexity index is 106. The second kappa shape index (κ2) is 4.73. The van der Waals surface area contributed by atoms with E-state index in [-0.39, 0.29) is 0 Å². The first-order valence-electron chi connectivity index (χ1n) is 4.60. The quantitative estimate of drug-likeness (QED) is 0.589. The first-order chi connectivity index (χ1) is 5.38. The lowest BCUT2D eigenvalue weighted by Crippen LogP contribution is -2.22. The Hall–Kier alpha value is -0.0800. The summed E-state index contributed by atoms with van der Waals surface area (Å²) in [5.74, 6) is 0.969. The largest absolute Gasteiger partial charge is 0.383 e. The highest BCUT2D eigenvalue weighted by Crippen LogP contribution is 2.34. The zero-order valence-electron chi connectivity index (χ0n) is 7.60. The molecule has 0 aromatic heterocycles. The van der Waals surface area contributed by atoms with Gasteiger partial charge in [0.1, 0.15) is 0 Å². The van der Waals surface area contributed by atoms with Crippen LogP contribution in [0.3, 0.4) is 0 Å². The molecule has 0 spiro atoms. The monoisotopic (exact) mass is 157 g/mol. The van der Waals surface area contributed by atoms with Gasteiger partial charge in [0.15, 0.2) is 0 Å². The minimum Gasteiger partial charge on any atom is -0.383 e. The highest BCUT2D eigenvalue weighted by atomic mass is 16.5. The van der Waals surface area contributed by atoms with Gasteiger partial charge >= 0.3 is 0 Å². The molecule has 0 bridgehead atoms. The normalized spacial score (nSPS) is 28.9. The Labute approximate surface area is 69.3 Å². The van der Waals surface area contributed by atoms with Gasteiger partial charge in [0, 0.05) is 19.7 Å². The third kappa shape index (κ3) is 3.21. The minimum absolute atomic E-state index is 0.810. The van der Waals surface area contributed by atoms with E-state index in [9.17, 15) is 0 Å². The lowest BCUT2D eigenvalue weighted by Gasteiger charge is -2.01. The highest BCUT2D eigenvalue weighted by molar-refractivity contribution is 4.92. The number of ether oxygens (including phenoxy) is 1. The van der Waals surface area contributed by atoms with Crippen LogP contribution in [0.1, 0.15) is 26.2 Å². The van der Waals surface area contributed by atoms with Gasteiger partial charge in [-0.2, -0.15) is 0 Å². The number of hydrogen-bond donors (Lipinski definition) is 1. The third-order valence-corrected chi connectivity index (χ3v) is 2.29. The van der Waals surface area contributed by atoms with E-state index in [1.54, 1.807) is 7.11 Å². The van der Waals surface area contributed by atoms with Gasteiger partial charge < -0.3 is 10.1 Å². The molecule has 0 aromatic rings. The summed E-state index contributed by atoms with van der Waals surface area (Å²) in [5.41, 5.74) is 0. The summed E-state index contributed by atoms with van der Waals surface area (Å²) in [6.45, 7) is 4.11. The molecule has 0 radical (unpaired) electrons.